The molecule has 3 saturated heterocycles. The number of aliphatic hydroxyl groups is 8. The molecule has 3 aliphatic heterocycles. The van der Waals surface area contributed by atoms with Crippen molar-refractivity contribution < 1.29 is 94.1 Å². The molecule has 3 aromatic rings. The summed E-state index contributed by atoms with van der Waals surface area (Å²) in [5.41, 5.74) is -1.54. The molecule has 12 N–H and O–H groups in total. The first-order chi connectivity index (χ1) is 25.0. The number of phenolic OH excluding ortho intramolecular Hbond substituents is 4. The maximum absolute atomic E-state index is 14.0. The van der Waals surface area contributed by atoms with Gasteiger partial charge in [-0.25, -0.2) is 0 Å². The van der Waals surface area contributed by atoms with Crippen LogP contribution in [0.5, 0.6) is 28.7 Å². The highest BCUT2D eigenvalue weighted by Crippen LogP contribution is 2.40. The summed E-state index contributed by atoms with van der Waals surface area (Å²) in [5, 5.41) is 125. The van der Waals surface area contributed by atoms with Gasteiger partial charge >= 0.3 is 0 Å². The topological polar surface area (TPSA) is 328 Å². The quantitative estimate of drug-likeness (QED) is 0.103. The summed E-state index contributed by atoms with van der Waals surface area (Å²) in [6, 6.07) is 5.09. The first-order valence-corrected chi connectivity index (χ1v) is 16.4. The zero-order valence-electron chi connectivity index (χ0n) is 27.9. The third-order valence-electron chi connectivity index (χ3n) is 9.37. The van der Waals surface area contributed by atoms with Gasteiger partial charge in [0.2, 0.25) is 17.5 Å². The largest absolute Gasteiger partial charge is 0.508 e. The lowest BCUT2D eigenvalue weighted by Gasteiger charge is -2.46. The lowest BCUT2D eigenvalue weighted by atomic mass is 9.97. The van der Waals surface area contributed by atoms with Crippen molar-refractivity contribution in [2.45, 2.75) is 106 Å². The Morgan fingerprint density at radius 2 is 1.26 bits per heavy atom. The van der Waals surface area contributed by atoms with E-state index in [-0.39, 0.29) is 11.1 Å². The van der Waals surface area contributed by atoms with Crippen LogP contribution in [0.4, 0.5) is 0 Å². The van der Waals surface area contributed by atoms with Crippen LogP contribution in [0.15, 0.2) is 39.5 Å². The fraction of sp³-hybridized carbons (Fsp3) is 0.545. The predicted molar refractivity (Wildman–Crippen MR) is 171 cm³/mol. The number of hydrogen-bond acceptors (Lipinski definition) is 20. The monoisotopic (exact) mass is 756 g/mol. The minimum Gasteiger partial charge on any atom is -0.508 e. The first kappa shape index (κ1) is 38.8. The minimum atomic E-state index is -2.04. The molecule has 292 valence electrons. The van der Waals surface area contributed by atoms with Crippen LogP contribution >= 0.6 is 0 Å². The first-order valence-electron chi connectivity index (χ1n) is 16.4. The molecule has 0 amide bonds. The van der Waals surface area contributed by atoms with E-state index in [1.165, 1.54) is 19.9 Å². The van der Waals surface area contributed by atoms with Gasteiger partial charge in [0.1, 0.15) is 77.4 Å². The highest BCUT2D eigenvalue weighted by molar-refractivity contribution is 5.88. The Balaban J connectivity index is 1.40. The summed E-state index contributed by atoms with van der Waals surface area (Å²) < 4.78 is 40.1. The van der Waals surface area contributed by atoms with E-state index in [0.717, 1.165) is 24.3 Å². The normalized spacial score (nSPS) is 37.8. The molecule has 3 aliphatic rings. The van der Waals surface area contributed by atoms with Gasteiger partial charge in [-0.2, -0.15) is 0 Å². The minimum absolute atomic E-state index is 0.0962. The van der Waals surface area contributed by atoms with Crippen molar-refractivity contribution in [3.63, 3.8) is 0 Å². The molecule has 6 rings (SSSR count). The summed E-state index contributed by atoms with van der Waals surface area (Å²) in [5.74, 6) is -3.68. The third kappa shape index (κ3) is 7.34. The van der Waals surface area contributed by atoms with Crippen LogP contribution in [-0.2, 0) is 23.7 Å². The Morgan fingerprint density at radius 1 is 0.642 bits per heavy atom. The van der Waals surface area contributed by atoms with Gasteiger partial charge in [-0.15, -0.1) is 0 Å². The second-order valence-electron chi connectivity index (χ2n) is 13.1. The number of aromatic hydroxyl groups is 4. The van der Waals surface area contributed by atoms with Gasteiger partial charge in [-0.3, -0.25) is 4.79 Å². The SMILES string of the molecule is C[C@H]1O[C@@H](O[C@@H]2[C@H](Oc3c(-c4ccc(O)c(O)c4)oc4cc(O)cc(O)c4c3=O)O[C@H](CO[C@@H]3O[C@H](C)[C@H](O)[C@H](O)[C@H]3O)[C@@H](O)[C@H]2O)[C@@H](O)[C@H](O)[C@H]1O. The maximum Gasteiger partial charge on any atom is 0.239 e. The standard InChI is InChI=1S/C33H40O20/c1-9-19(38)23(42)26(45)31(48-9)47-8-17-21(40)25(44)30(53-32-27(46)24(43)20(39)10(2)49-32)33(51-17)52-29-22(41)18-15(37)6-12(34)7-16(18)50-28(29)11-3-4-13(35)14(36)5-11/h3-7,9-10,17,19-21,23-27,30-40,42-46H,8H2,1-2H3/t9-,10-,17-,19+,20+,21-,23+,24-,25-,26-,27+,30+,31-,32+,33+/m1/s1. The molecule has 1 aromatic heterocycles. The van der Waals surface area contributed by atoms with Crippen LogP contribution in [0.3, 0.4) is 0 Å². The Hall–Kier alpha value is -3.87. The number of rotatable bonds is 8. The van der Waals surface area contributed by atoms with E-state index < -0.39 is 144 Å². The van der Waals surface area contributed by atoms with Gasteiger partial charge in [0.15, 0.2) is 35.9 Å². The van der Waals surface area contributed by atoms with Gasteiger partial charge in [0, 0.05) is 17.7 Å². The molecule has 0 aliphatic carbocycles. The molecular formula is C33H40O20. The second-order valence-corrected chi connectivity index (χ2v) is 13.1. The number of fused-ring (bicyclic) bond motifs is 1. The van der Waals surface area contributed by atoms with Crippen molar-refractivity contribution >= 4 is 11.0 Å². The molecule has 15 atom stereocenters. The Bertz CT molecular complexity index is 1830. The van der Waals surface area contributed by atoms with Crippen molar-refractivity contribution in [2.75, 3.05) is 6.61 Å². The van der Waals surface area contributed by atoms with E-state index in [0.29, 0.717) is 0 Å². The van der Waals surface area contributed by atoms with Crippen LogP contribution in [0, 0.1) is 0 Å². The molecule has 53 heavy (non-hydrogen) atoms. The van der Waals surface area contributed by atoms with E-state index in [1.54, 1.807) is 0 Å². The zero-order valence-corrected chi connectivity index (χ0v) is 27.9. The number of ether oxygens (including phenoxy) is 6. The van der Waals surface area contributed by atoms with E-state index in [2.05, 4.69) is 0 Å². The maximum atomic E-state index is 14.0. The lowest BCUT2D eigenvalue weighted by Crippen LogP contribution is -2.65. The molecular weight excluding hydrogens is 716 g/mol. The average molecular weight is 757 g/mol. The Kier molecular flexibility index (Phi) is 11.1. The molecule has 0 bridgehead atoms. The van der Waals surface area contributed by atoms with E-state index in [9.17, 15) is 66.1 Å². The third-order valence-corrected chi connectivity index (χ3v) is 9.37. The highest BCUT2D eigenvalue weighted by Gasteiger charge is 2.52. The molecule has 3 fully saturated rings. The second kappa shape index (κ2) is 15.1. The molecule has 0 saturated carbocycles. The summed E-state index contributed by atoms with van der Waals surface area (Å²) in [4.78, 5) is 14.0. The van der Waals surface area contributed by atoms with Gasteiger partial charge in [-0.05, 0) is 32.0 Å². The molecule has 20 nitrogen and oxygen atoms in total. The number of phenols is 4. The number of benzene rings is 2. The molecule has 2 aromatic carbocycles. The van der Waals surface area contributed by atoms with E-state index in [1.807, 2.05) is 0 Å². The molecule has 0 radical (unpaired) electrons. The molecule has 0 spiro atoms. The van der Waals surface area contributed by atoms with Crippen LogP contribution in [0.25, 0.3) is 22.3 Å². The predicted octanol–water partition coefficient (Wildman–Crippen LogP) is -2.84. The highest BCUT2D eigenvalue weighted by atomic mass is 16.8. The van der Waals surface area contributed by atoms with Crippen molar-refractivity contribution in [1.29, 1.82) is 0 Å². The Labute approximate surface area is 298 Å². The fourth-order valence-corrected chi connectivity index (χ4v) is 6.25. The summed E-state index contributed by atoms with van der Waals surface area (Å²) in [6.45, 7) is 2.05. The fourth-order valence-electron chi connectivity index (χ4n) is 6.25. The van der Waals surface area contributed by atoms with Crippen LogP contribution in [0.2, 0.25) is 0 Å². The summed E-state index contributed by atoms with van der Waals surface area (Å²) >= 11 is 0. The van der Waals surface area contributed by atoms with Crippen LogP contribution in [0.1, 0.15) is 13.8 Å². The van der Waals surface area contributed by atoms with Crippen molar-refractivity contribution in [3.05, 3.63) is 40.6 Å². The van der Waals surface area contributed by atoms with Gasteiger partial charge in [-0.1, -0.05) is 0 Å². The van der Waals surface area contributed by atoms with Crippen molar-refractivity contribution in [1.82, 2.24) is 0 Å². The number of aliphatic hydroxyl groups excluding tert-OH is 8. The van der Waals surface area contributed by atoms with Gasteiger partial charge in [0.25, 0.3) is 0 Å². The zero-order chi connectivity index (χ0) is 38.6. The van der Waals surface area contributed by atoms with E-state index >= 15 is 0 Å². The molecule has 0 unspecified atom stereocenters. The van der Waals surface area contributed by atoms with Gasteiger partial charge in [0.05, 0.1) is 18.8 Å². The number of hydrogen-bond donors (Lipinski definition) is 12. The Morgan fingerprint density at radius 3 is 1.91 bits per heavy atom. The van der Waals surface area contributed by atoms with E-state index in [4.69, 9.17) is 32.8 Å². The van der Waals surface area contributed by atoms with Crippen molar-refractivity contribution in [2.24, 2.45) is 0 Å². The van der Waals surface area contributed by atoms with Crippen LogP contribution in [-0.4, -0.2) is 160 Å². The van der Waals surface area contributed by atoms with Crippen molar-refractivity contribution in [3.8, 4) is 40.1 Å². The average Bonchev–Trinajstić information content (AvgIpc) is 3.11. The molecule has 20 heteroatoms. The molecule has 4 heterocycles. The summed E-state index contributed by atoms with van der Waals surface area (Å²) in [7, 11) is 0. The van der Waals surface area contributed by atoms with Gasteiger partial charge < -0.3 is 94.1 Å². The smallest absolute Gasteiger partial charge is 0.239 e. The summed E-state index contributed by atoms with van der Waals surface area (Å²) in [6.07, 6.45) is -25.1. The lowest BCUT2D eigenvalue weighted by molar-refractivity contribution is -0.360. The van der Waals surface area contributed by atoms with Crippen LogP contribution < -0.4 is 10.2 Å².